The normalized spacial score (nSPS) is 31.9. The molecule has 0 spiro atoms. The monoisotopic (exact) mass is 329 g/mol. The van der Waals surface area contributed by atoms with Gasteiger partial charge in [-0.3, -0.25) is 4.98 Å². The van der Waals surface area contributed by atoms with Crippen LogP contribution in [0.2, 0.25) is 0 Å². The van der Waals surface area contributed by atoms with Gasteiger partial charge in [-0.15, -0.1) is 0 Å². The zero-order chi connectivity index (χ0) is 16.1. The minimum absolute atomic E-state index is 0.314. The summed E-state index contributed by atoms with van der Waals surface area (Å²) < 4.78 is 24.4. The van der Waals surface area contributed by atoms with Crippen molar-refractivity contribution < 1.29 is 13.5 Å². The van der Waals surface area contributed by atoms with Gasteiger partial charge in [0.1, 0.15) is 0 Å². The lowest BCUT2D eigenvalue weighted by atomic mass is 9.85. The number of rotatable bonds is 2. The minimum atomic E-state index is -3.03. The molecule has 2 aliphatic heterocycles. The van der Waals surface area contributed by atoms with E-state index in [2.05, 4.69) is 4.98 Å². The fraction of sp³-hybridized carbons (Fsp3) is 0.389. The molecule has 4 rings (SSSR count). The SMILES string of the molecule is O=S1(=O)C2CCC1CC(O)(c1ccc(-c3ccccn3)cc1)C2. The van der Waals surface area contributed by atoms with E-state index in [-0.39, 0.29) is 10.5 Å². The third-order valence-corrected chi connectivity index (χ3v) is 7.92. The molecule has 4 nitrogen and oxygen atoms in total. The molecule has 2 bridgehead atoms. The van der Waals surface area contributed by atoms with E-state index < -0.39 is 15.4 Å². The number of aromatic nitrogens is 1. The Balaban J connectivity index is 1.64. The van der Waals surface area contributed by atoms with Crippen LogP contribution in [0, 0.1) is 0 Å². The van der Waals surface area contributed by atoms with Crippen LogP contribution in [-0.4, -0.2) is 29.0 Å². The highest BCUT2D eigenvalue weighted by molar-refractivity contribution is 7.93. The first-order valence-electron chi connectivity index (χ1n) is 7.96. The summed E-state index contributed by atoms with van der Waals surface area (Å²) in [4.78, 5) is 4.32. The number of benzene rings is 1. The summed E-state index contributed by atoms with van der Waals surface area (Å²) in [7, 11) is -3.03. The summed E-state index contributed by atoms with van der Waals surface area (Å²) in [6, 6.07) is 13.5. The maximum atomic E-state index is 12.2. The molecule has 2 unspecified atom stereocenters. The van der Waals surface area contributed by atoms with E-state index in [1.807, 2.05) is 42.5 Å². The van der Waals surface area contributed by atoms with Gasteiger partial charge >= 0.3 is 0 Å². The fourth-order valence-corrected chi connectivity index (χ4v) is 6.46. The van der Waals surface area contributed by atoms with E-state index in [0.717, 1.165) is 16.8 Å². The molecule has 2 aliphatic rings. The number of sulfone groups is 1. The predicted molar refractivity (Wildman–Crippen MR) is 88.5 cm³/mol. The quantitative estimate of drug-likeness (QED) is 0.920. The summed E-state index contributed by atoms with van der Waals surface area (Å²) in [6.07, 6.45) is 3.74. The standard InChI is InChI=1S/C18H19NO3S/c20-18(11-15-8-9-16(12-18)23(15,21)22)14-6-4-13(5-7-14)17-3-1-2-10-19-17/h1-7,10,15-16,20H,8-9,11-12H2. The van der Waals surface area contributed by atoms with Gasteiger partial charge in [0.25, 0.3) is 0 Å². The van der Waals surface area contributed by atoms with Gasteiger partial charge in [-0.05, 0) is 43.4 Å². The van der Waals surface area contributed by atoms with Crippen molar-refractivity contribution in [3.63, 3.8) is 0 Å². The highest BCUT2D eigenvalue weighted by Gasteiger charge is 2.53. The molecule has 0 aliphatic carbocycles. The number of fused-ring (bicyclic) bond motifs is 2. The average molecular weight is 329 g/mol. The molecule has 0 amide bonds. The van der Waals surface area contributed by atoms with Gasteiger partial charge in [0.15, 0.2) is 9.84 Å². The zero-order valence-corrected chi connectivity index (χ0v) is 13.5. The predicted octanol–water partition coefficient (Wildman–Crippen LogP) is 2.68. The topological polar surface area (TPSA) is 67.3 Å². The molecule has 3 heterocycles. The summed E-state index contributed by atoms with van der Waals surface area (Å²) in [5.41, 5.74) is 1.66. The van der Waals surface area contributed by atoms with Crippen LogP contribution >= 0.6 is 0 Å². The molecule has 1 aromatic carbocycles. The average Bonchev–Trinajstić information content (AvgIpc) is 2.74. The molecule has 1 aromatic heterocycles. The summed E-state index contributed by atoms with van der Waals surface area (Å²) >= 11 is 0. The molecule has 120 valence electrons. The van der Waals surface area contributed by atoms with E-state index in [9.17, 15) is 13.5 Å². The van der Waals surface area contributed by atoms with Gasteiger partial charge in [0, 0.05) is 11.8 Å². The van der Waals surface area contributed by atoms with Gasteiger partial charge in [0.05, 0.1) is 21.8 Å². The van der Waals surface area contributed by atoms with Crippen LogP contribution in [0.3, 0.4) is 0 Å². The Morgan fingerprint density at radius 2 is 1.65 bits per heavy atom. The molecular formula is C18H19NO3S. The molecule has 2 saturated heterocycles. The highest BCUT2D eigenvalue weighted by atomic mass is 32.2. The van der Waals surface area contributed by atoms with Crippen molar-refractivity contribution in [3.8, 4) is 11.3 Å². The maximum absolute atomic E-state index is 12.2. The number of pyridine rings is 1. The largest absolute Gasteiger partial charge is 0.385 e. The Morgan fingerprint density at radius 3 is 2.22 bits per heavy atom. The lowest BCUT2D eigenvalue weighted by molar-refractivity contribution is 0.0173. The fourth-order valence-electron chi connectivity index (χ4n) is 3.97. The number of aliphatic hydroxyl groups is 1. The Morgan fingerprint density at radius 1 is 1.00 bits per heavy atom. The summed E-state index contributed by atoms with van der Waals surface area (Å²) in [6.45, 7) is 0. The van der Waals surface area contributed by atoms with Crippen molar-refractivity contribution in [2.75, 3.05) is 0 Å². The van der Waals surface area contributed by atoms with Crippen molar-refractivity contribution in [2.24, 2.45) is 0 Å². The molecule has 0 radical (unpaired) electrons. The number of hydrogen-bond donors (Lipinski definition) is 1. The third-order valence-electron chi connectivity index (χ3n) is 5.25. The van der Waals surface area contributed by atoms with Crippen LogP contribution < -0.4 is 0 Å². The van der Waals surface area contributed by atoms with Gasteiger partial charge in [-0.1, -0.05) is 30.3 Å². The first-order chi connectivity index (χ1) is 11.0. The summed E-state index contributed by atoms with van der Waals surface area (Å²) in [5.74, 6) is 0. The third kappa shape index (κ3) is 2.39. The summed E-state index contributed by atoms with van der Waals surface area (Å²) in [5, 5.41) is 10.3. The highest BCUT2D eigenvalue weighted by Crippen LogP contribution is 2.47. The van der Waals surface area contributed by atoms with E-state index in [1.165, 1.54) is 0 Å². The Bertz CT molecular complexity index is 795. The lowest BCUT2D eigenvalue weighted by Crippen LogP contribution is -2.43. The van der Waals surface area contributed by atoms with E-state index in [0.29, 0.717) is 25.7 Å². The van der Waals surface area contributed by atoms with E-state index in [4.69, 9.17) is 0 Å². The van der Waals surface area contributed by atoms with Gasteiger partial charge in [-0.2, -0.15) is 0 Å². The molecule has 2 fully saturated rings. The molecule has 5 heteroatoms. The van der Waals surface area contributed by atoms with Crippen molar-refractivity contribution >= 4 is 9.84 Å². The van der Waals surface area contributed by atoms with Gasteiger partial charge in [-0.25, -0.2) is 8.42 Å². The molecule has 2 aromatic rings. The Kier molecular flexibility index (Phi) is 3.32. The second-order valence-corrected chi connectivity index (χ2v) is 9.15. The first kappa shape index (κ1) is 14.8. The molecule has 1 N–H and O–H groups in total. The second kappa shape index (κ2) is 5.14. The van der Waals surface area contributed by atoms with Gasteiger partial charge in [0.2, 0.25) is 0 Å². The second-order valence-electron chi connectivity index (χ2n) is 6.64. The first-order valence-corrected chi connectivity index (χ1v) is 9.57. The van der Waals surface area contributed by atoms with E-state index >= 15 is 0 Å². The van der Waals surface area contributed by atoms with Crippen LogP contribution in [0.1, 0.15) is 31.2 Å². The lowest BCUT2D eigenvalue weighted by Gasteiger charge is -2.36. The van der Waals surface area contributed by atoms with Crippen LogP contribution in [0.4, 0.5) is 0 Å². The van der Waals surface area contributed by atoms with E-state index in [1.54, 1.807) is 6.20 Å². The van der Waals surface area contributed by atoms with Crippen molar-refractivity contribution in [2.45, 2.75) is 41.8 Å². The van der Waals surface area contributed by atoms with Crippen LogP contribution in [0.15, 0.2) is 48.7 Å². The maximum Gasteiger partial charge on any atom is 0.156 e. The molecule has 0 saturated carbocycles. The van der Waals surface area contributed by atoms with Crippen LogP contribution in [0.25, 0.3) is 11.3 Å². The Hall–Kier alpha value is -1.72. The molecule has 2 atom stereocenters. The smallest absolute Gasteiger partial charge is 0.156 e. The Labute approximate surface area is 136 Å². The van der Waals surface area contributed by atoms with Crippen LogP contribution in [0.5, 0.6) is 0 Å². The van der Waals surface area contributed by atoms with Gasteiger partial charge < -0.3 is 5.11 Å². The zero-order valence-electron chi connectivity index (χ0n) is 12.7. The molecular weight excluding hydrogens is 310 g/mol. The number of hydrogen-bond acceptors (Lipinski definition) is 4. The van der Waals surface area contributed by atoms with Crippen molar-refractivity contribution in [1.29, 1.82) is 0 Å². The minimum Gasteiger partial charge on any atom is -0.385 e. The van der Waals surface area contributed by atoms with Crippen LogP contribution in [-0.2, 0) is 15.4 Å². The van der Waals surface area contributed by atoms with Crippen molar-refractivity contribution in [3.05, 3.63) is 54.2 Å². The molecule has 23 heavy (non-hydrogen) atoms. The van der Waals surface area contributed by atoms with Crippen molar-refractivity contribution in [1.82, 2.24) is 4.98 Å². The number of nitrogens with zero attached hydrogens (tertiary/aromatic N) is 1.